The van der Waals surface area contributed by atoms with Gasteiger partial charge in [0.25, 0.3) is 0 Å². The molecule has 0 aromatic carbocycles. The molecule has 0 bridgehead atoms. The van der Waals surface area contributed by atoms with E-state index in [1.165, 1.54) is 6.42 Å². The summed E-state index contributed by atoms with van der Waals surface area (Å²) in [6, 6.07) is 0. The van der Waals surface area contributed by atoms with E-state index in [2.05, 4.69) is 37.2 Å². The first-order valence-corrected chi connectivity index (χ1v) is 12.8. The van der Waals surface area contributed by atoms with Gasteiger partial charge in [0, 0.05) is 0 Å². The number of rotatable bonds is 5. The van der Waals surface area contributed by atoms with Crippen molar-refractivity contribution >= 4 is 14.3 Å². The third-order valence-corrected chi connectivity index (χ3v) is 5.05. The molecule has 140 valence electrons. The maximum Gasteiger partial charge on any atom is 0.314 e. The van der Waals surface area contributed by atoms with Crippen molar-refractivity contribution in [3.63, 3.8) is 0 Å². The Kier molecular flexibility index (Phi) is 8.21. The van der Waals surface area contributed by atoms with Gasteiger partial charge in [-0.1, -0.05) is 18.3 Å². The smallest absolute Gasteiger partial charge is 0.314 e. The molecule has 0 aliphatic heterocycles. The summed E-state index contributed by atoms with van der Waals surface area (Å²) in [4.78, 5) is 12.1. The van der Waals surface area contributed by atoms with Crippen LogP contribution in [0.3, 0.4) is 0 Å². The summed E-state index contributed by atoms with van der Waals surface area (Å²) in [5.74, 6) is 6.02. The van der Waals surface area contributed by atoms with E-state index in [9.17, 15) is 4.79 Å². The Bertz CT molecular complexity index is 585. The topological polar surface area (TPSA) is 35.5 Å². The van der Waals surface area contributed by atoms with Crippen molar-refractivity contribution in [2.45, 2.75) is 85.0 Å². The van der Waals surface area contributed by atoms with Crippen molar-refractivity contribution in [2.75, 3.05) is 6.61 Å². The van der Waals surface area contributed by atoms with Crippen LogP contribution in [0, 0.1) is 17.8 Å². The highest BCUT2D eigenvalue weighted by molar-refractivity contribution is 6.69. The summed E-state index contributed by atoms with van der Waals surface area (Å²) in [7, 11) is -1.71. The van der Waals surface area contributed by atoms with Gasteiger partial charge in [0.2, 0.25) is 0 Å². The fourth-order valence-electron chi connectivity index (χ4n) is 3.05. The lowest BCUT2D eigenvalue weighted by molar-refractivity contribution is -0.145. The van der Waals surface area contributed by atoms with E-state index in [-0.39, 0.29) is 11.6 Å². The molecule has 0 amide bonds. The molecule has 0 aromatic rings. The largest absolute Gasteiger partial charge is 0.465 e. The molecule has 0 radical (unpaired) electrons. The van der Waals surface area contributed by atoms with Crippen molar-refractivity contribution in [3.8, 4) is 11.8 Å². The molecular formula is C21H34O3Si. The summed E-state index contributed by atoms with van der Waals surface area (Å²) >= 11 is 0. The molecule has 1 saturated carbocycles. The third kappa shape index (κ3) is 7.65. The number of esters is 1. The molecule has 1 atom stereocenters. The van der Waals surface area contributed by atoms with Crippen LogP contribution in [0.15, 0.2) is 16.9 Å². The van der Waals surface area contributed by atoms with Gasteiger partial charge < -0.3 is 9.16 Å². The van der Waals surface area contributed by atoms with Gasteiger partial charge in [0.05, 0.1) is 18.1 Å². The molecule has 3 nitrogen and oxygen atoms in total. The normalized spacial score (nSPS) is 17.6. The lowest BCUT2D eigenvalue weighted by atomic mass is 9.85. The van der Waals surface area contributed by atoms with Gasteiger partial charge in [0.1, 0.15) is 5.60 Å². The van der Waals surface area contributed by atoms with Gasteiger partial charge >= 0.3 is 5.97 Å². The maximum absolute atomic E-state index is 12.1. The zero-order valence-electron chi connectivity index (χ0n) is 17.0. The predicted molar refractivity (Wildman–Crippen MR) is 106 cm³/mol. The predicted octanol–water partition coefficient (Wildman–Crippen LogP) is 5.23. The lowest BCUT2D eigenvalue weighted by Crippen LogP contribution is -2.43. The van der Waals surface area contributed by atoms with Crippen LogP contribution in [-0.4, -0.2) is 26.5 Å². The molecule has 1 unspecified atom stereocenters. The van der Waals surface area contributed by atoms with Crippen LogP contribution in [0.5, 0.6) is 0 Å². The number of carbonyl (C=O) groups excluding carboxylic acids is 1. The molecule has 0 heterocycles. The van der Waals surface area contributed by atoms with Crippen LogP contribution < -0.4 is 0 Å². The molecule has 1 aliphatic carbocycles. The lowest BCUT2D eigenvalue weighted by Gasteiger charge is -2.38. The molecule has 25 heavy (non-hydrogen) atoms. The summed E-state index contributed by atoms with van der Waals surface area (Å²) in [6.45, 7) is 14.6. The molecule has 4 heteroatoms. The first-order valence-electron chi connectivity index (χ1n) is 9.42. The van der Waals surface area contributed by atoms with E-state index in [1.807, 2.05) is 27.7 Å². The Morgan fingerprint density at radius 2 is 1.76 bits per heavy atom. The quantitative estimate of drug-likeness (QED) is 0.290. The van der Waals surface area contributed by atoms with Crippen LogP contribution >= 0.6 is 0 Å². The van der Waals surface area contributed by atoms with Gasteiger partial charge in [0.15, 0.2) is 8.32 Å². The zero-order chi connectivity index (χ0) is 19.1. The van der Waals surface area contributed by atoms with Crippen LogP contribution in [0.4, 0.5) is 0 Å². The average molecular weight is 363 g/mol. The summed E-state index contributed by atoms with van der Waals surface area (Å²) in [5, 5.41) is 0. The number of carbonyl (C=O) groups is 1. The van der Waals surface area contributed by atoms with E-state index in [0.29, 0.717) is 12.2 Å². The third-order valence-electron chi connectivity index (χ3n) is 4.05. The van der Waals surface area contributed by atoms with Gasteiger partial charge in [-0.3, -0.25) is 4.79 Å². The standard InChI is InChI=1S/C21H34O3Si/c1-8-23-20(22)18(4)19(16-17(2)3)12-15-21(24-25(5,6)7)13-10-9-11-14-21/h18H,8-11,13-14H2,1-7H3. The monoisotopic (exact) mass is 362 g/mol. The van der Waals surface area contributed by atoms with Gasteiger partial charge in [-0.2, -0.15) is 0 Å². The number of ether oxygens (including phenoxy) is 1. The molecule has 1 fully saturated rings. The first-order chi connectivity index (χ1) is 11.6. The van der Waals surface area contributed by atoms with Crippen molar-refractivity contribution in [1.82, 2.24) is 0 Å². The second kappa shape index (κ2) is 9.43. The highest BCUT2D eigenvalue weighted by Crippen LogP contribution is 2.34. The zero-order valence-corrected chi connectivity index (χ0v) is 18.0. The molecule has 1 aliphatic rings. The Morgan fingerprint density at radius 3 is 2.24 bits per heavy atom. The van der Waals surface area contributed by atoms with Gasteiger partial charge in [-0.25, -0.2) is 0 Å². The minimum atomic E-state index is -1.71. The van der Waals surface area contributed by atoms with E-state index in [1.54, 1.807) is 0 Å². The number of hydrogen-bond donors (Lipinski definition) is 0. The minimum Gasteiger partial charge on any atom is -0.465 e. The van der Waals surface area contributed by atoms with E-state index < -0.39 is 14.2 Å². The minimum absolute atomic E-state index is 0.246. The summed E-state index contributed by atoms with van der Waals surface area (Å²) in [6.07, 6.45) is 5.48. The molecule has 0 spiro atoms. The molecule has 0 N–H and O–H groups in total. The molecule has 0 saturated heterocycles. The highest BCUT2D eigenvalue weighted by Gasteiger charge is 2.36. The highest BCUT2D eigenvalue weighted by atomic mass is 28.4. The fraction of sp³-hybridized carbons (Fsp3) is 0.714. The van der Waals surface area contributed by atoms with Crippen LogP contribution in [0.25, 0.3) is 0 Å². The second-order valence-corrected chi connectivity index (χ2v) is 12.5. The summed E-state index contributed by atoms with van der Waals surface area (Å²) < 4.78 is 11.7. The van der Waals surface area contributed by atoms with Crippen molar-refractivity contribution < 1.29 is 14.0 Å². The van der Waals surface area contributed by atoms with Crippen molar-refractivity contribution in [1.29, 1.82) is 0 Å². The van der Waals surface area contributed by atoms with Gasteiger partial charge in [-0.05, 0) is 78.6 Å². The van der Waals surface area contributed by atoms with Crippen molar-refractivity contribution in [3.05, 3.63) is 16.9 Å². The van der Waals surface area contributed by atoms with Gasteiger partial charge in [-0.15, -0.1) is 5.73 Å². The second-order valence-electron chi connectivity index (χ2n) is 8.03. The van der Waals surface area contributed by atoms with Crippen LogP contribution in [0.1, 0.15) is 59.8 Å². The Morgan fingerprint density at radius 1 is 1.16 bits per heavy atom. The molecular weight excluding hydrogens is 328 g/mol. The van der Waals surface area contributed by atoms with Crippen LogP contribution in [0.2, 0.25) is 19.6 Å². The maximum atomic E-state index is 12.1. The first kappa shape index (κ1) is 21.8. The van der Waals surface area contributed by atoms with E-state index in [4.69, 9.17) is 9.16 Å². The molecule has 1 rings (SSSR count). The molecule has 0 aromatic heterocycles. The van der Waals surface area contributed by atoms with Crippen molar-refractivity contribution in [2.24, 2.45) is 5.92 Å². The van der Waals surface area contributed by atoms with E-state index in [0.717, 1.165) is 31.3 Å². The summed E-state index contributed by atoms with van der Waals surface area (Å²) in [5.41, 5.74) is 4.58. The Hall–Kier alpha value is -1.27. The van der Waals surface area contributed by atoms with Crippen LogP contribution in [-0.2, 0) is 14.0 Å². The number of hydrogen-bond acceptors (Lipinski definition) is 3. The fourth-order valence-corrected chi connectivity index (χ4v) is 4.47. The Balaban J connectivity index is 3.22. The SMILES string of the molecule is CCOC(=O)C(C)C(=C=C(C)C)C#CC1(O[Si](C)(C)C)CCCCC1. The average Bonchev–Trinajstić information content (AvgIpc) is 2.50. The van der Waals surface area contributed by atoms with E-state index >= 15 is 0 Å². The Labute approximate surface area is 155 Å².